The van der Waals surface area contributed by atoms with Gasteiger partial charge in [-0.15, -0.1) is 0 Å². The van der Waals surface area contributed by atoms with Crippen molar-refractivity contribution in [1.82, 2.24) is 10.2 Å². The van der Waals surface area contributed by atoms with E-state index in [9.17, 15) is 0 Å². The van der Waals surface area contributed by atoms with E-state index in [0.717, 1.165) is 12.8 Å². The molecule has 0 N–H and O–H groups in total. The molecule has 2 atom stereocenters. The monoisotopic (exact) mass is 348 g/mol. The highest BCUT2D eigenvalue weighted by molar-refractivity contribution is 6.19. The summed E-state index contributed by atoms with van der Waals surface area (Å²) in [5.41, 5.74) is 3.98. The van der Waals surface area contributed by atoms with Crippen molar-refractivity contribution in [3.05, 3.63) is 65.6 Å². The van der Waals surface area contributed by atoms with Crippen LogP contribution >= 0.6 is 0 Å². The first-order valence-corrected chi connectivity index (χ1v) is 8.91. The SMILES string of the molecule is C=N/C=C(\C(=NCCC)OC)c1cc(C2C[C@@H]2c2ccccc2)cnn1. The molecule has 0 spiro atoms. The zero-order valence-corrected chi connectivity index (χ0v) is 15.3. The van der Waals surface area contributed by atoms with Gasteiger partial charge >= 0.3 is 0 Å². The van der Waals surface area contributed by atoms with E-state index in [1.54, 1.807) is 13.3 Å². The number of nitrogens with zero attached hydrogens (tertiary/aromatic N) is 4. The lowest BCUT2D eigenvalue weighted by Gasteiger charge is -2.09. The summed E-state index contributed by atoms with van der Waals surface area (Å²) in [4.78, 5) is 8.38. The minimum Gasteiger partial charge on any atom is -0.481 e. The Morgan fingerprint density at radius 3 is 2.73 bits per heavy atom. The molecule has 0 bridgehead atoms. The number of rotatable bonds is 7. The predicted octanol–water partition coefficient (Wildman–Crippen LogP) is 4.24. The fourth-order valence-corrected chi connectivity index (χ4v) is 3.14. The topological polar surface area (TPSA) is 59.7 Å². The fourth-order valence-electron chi connectivity index (χ4n) is 3.14. The highest BCUT2D eigenvalue weighted by Crippen LogP contribution is 2.54. The molecule has 1 fully saturated rings. The van der Waals surface area contributed by atoms with E-state index in [1.807, 2.05) is 12.3 Å². The van der Waals surface area contributed by atoms with E-state index >= 15 is 0 Å². The van der Waals surface area contributed by atoms with Crippen LogP contribution in [0.2, 0.25) is 0 Å². The van der Waals surface area contributed by atoms with Gasteiger partial charge in [0.1, 0.15) is 5.69 Å². The van der Waals surface area contributed by atoms with Crippen LogP contribution in [0.4, 0.5) is 0 Å². The maximum absolute atomic E-state index is 5.45. The number of aliphatic imine (C=N–C) groups is 2. The molecule has 3 rings (SSSR count). The zero-order valence-electron chi connectivity index (χ0n) is 15.3. The van der Waals surface area contributed by atoms with Crippen LogP contribution in [0.1, 0.15) is 48.4 Å². The highest BCUT2D eigenvalue weighted by atomic mass is 16.5. The highest BCUT2D eigenvalue weighted by Gasteiger charge is 2.39. The van der Waals surface area contributed by atoms with Gasteiger partial charge in [-0.25, -0.2) is 0 Å². The van der Waals surface area contributed by atoms with Crippen LogP contribution in [0, 0.1) is 0 Å². The summed E-state index contributed by atoms with van der Waals surface area (Å²) in [6.07, 6.45) is 5.56. The molecule has 1 unspecified atom stereocenters. The molecule has 2 aromatic rings. The molecule has 5 nitrogen and oxygen atoms in total. The summed E-state index contributed by atoms with van der Waals surface area (Å²) >= 11 is 0. The molecule has 0 saturated heterocycles. The van der Waals surface area contributed by atoms with Gasteiger partial charge in [-0.05, 0) is 48.6 Å². The van der Waals surface area contributed by atoms with E-state index in [2.05, 4.69) is 64.2 Å². The summed E-state index contributed by atoms with van der Waals surface area (Å²) < 4.78 is 5.45. The van der Waals surface area contributed by atoms with Gasteiger partial charge in [0, 0.05) is 12.7 Å². The molecule has 0 amide bonds. The second-order valence-corrected chi connectivity index (χ2v) is 6.35. The second kappa shape index (κ2) is 8.52. The molecule has 1 aliphatic rings. The van der Waals surface area contributed by atoms with Gasteiger partial charge in [0.2, 0.25) is 5.90 Å². The molecule has 1 heterocycles. The summed E-state index contributed by atoms with van der Waals surface area (Å²) in [5, 5.41) is 8.49. The Labute approximate surface area is 154 Å². The van der Waals surface area contributed by atoms with E-state index in [0.29, 0.717) is 35.5 Å². The molecule has 0 radical (unpaired) electrons. The van der Waals surface area contributed by atoms with Crippen molar-refractivity contribution in [2.24, 2.45) is 9.98 Å². The lowest BCUT2D eigenvalue weighted by Crippen LogP contribution is -2.08. The molecular weight excluding hydrogens is 324 g/mol. The van der Waals surface area contributed by atoms with Crippen LogP contribution in [0.5, 0.6) is 0 Å². The van der Waals surface area contributed by atoms with Crippen LogP contribution in [-0.2, 0) is 4.74 Å². The number of hydrogen-bond donors (Lipinski definition) is 0. The van der Waals surface area contributed by atoms with Crippen molar-refractivity contribution < 1.29 is 4.74 Å². The largest absolute Gasteiger partial charge is 0.481 e. The number of ether oxygens (including phenoxy) is 1. The summed E-state index contributed by atoms with van der Waals surface area (Å²) in [6.45, 7) is 6.32. The van der Waals surface area contributed by atoms with E-state index < -0.39 is 0 Å². The summed E-state index contributed by atoms with van der Waals surface area (Å²) in [6, 6.07) is 12.7. The minimum absolute atomic E-state index is 0.475. The normalized spacial score (nSPS) is 19.9. The van der Waals surface area contributed by atoms with E-state index in [1.165, 1.54) is 11.1 Å². The zero-order chi connectivity index (χ0) is 18.4. The maximum Gasteiger partial charge on any atom is 0.219 e. The first-order valence-electron chi connectivity index (χ1n) is 8.91. The quantitative estimate of drug-likeness (QED) is 0.555. The minimum atomic E-state index is 0.475. The Hall–Kier alpha value is -2.82. The lowest BCUT2D eigenvalue weighted by atomic mass is 10.0. The van der Waals surface area contributed by atoms with Crippen molar-refractivity contribution in [3.8, 4) is 0 Å². The fraction of sp³-hybridized carbons (Fsp3) is 0.333. The van der Waals surface area contributed by atoms with Crippen LogP contribution in [0.25, 0.3) is 5.57 Å². The number of benzene rings is 1. The van der Waals surface area contributed by atoms with Gasteiger partial charge < -0.3 is 4.74 Å². The average Bonchev–Trinajstić information content (AvgIpc) is 3.49. The van der Waals surface area contributed by atoms with Crippen molar-refractivity contribution in [3.63, 3.8) is 0 Å². The Morgan fingerprint density at radius 1 is 1.27 bits per heavy atom. The van der Waals surface area contributed by atoms with E-state index in [-0.39, 0.29) is 0 Å². The number of hydrogen-bond acceptors (Lipinski definition) is 5. The van der Waals surface area contributed by atoms with Crippen LogP contribution < -0.4 is 0 Å². The first-order chi connectivity index (χ1) is 12.8. The summed E-state index contributed by atoms with van der Waals surface area (Å²) in [5.74, 6) is 1.54. The molecule has 26 heavy (non-hydrogen) atoms. The second-order valence-electron chi connectivity index (χ2n) is 6.35. The van der Waals surface area contributed by atoms with Crippen molar-refractivity contribution in [2.75, 3.05) is 13.7 Å². The molecule has 1 aliphatic carbocycles. The maximum atomic E-state index is 5.45. The van der Waals surface area contributed by atoms with Gasteiger partial charge in [-0.2, -0.15) is 10.2 Å². The Bertz CT molecular complexity index is 814. The summed E-state index contributed by atoms with van der Waals surface area (Å²) in [7, 11) is 1.61. The number of aromatic nitrogens is 2. The third-order valence-corrected chi connectivity index (χ3v) is 4.52. The van der Waals surface area contributed by atoms with Gasteiger partial charge in [0.05, 0.1) is 18.9 Å². The smallest absolute Gasteiger partial charge is 0.219 e. The van der Waals surface area contributed by atoms with Gasteiger partial charge in [-0.1, -0.05) is 37.3 Å². The van der Waals surface area contributed by atoms with Crippen molar-refractivity contribution in [2.45, 2.75) is 31.6 Å². The lowest BCUT2D eigenvalue weighted by molar-refractivity contribution is 0.406. The first kappa shape index (κ1) is 18.0. The number of methoxy groups -OCH3 is 1. The average molecular weight is 348 g/mol. The van der Waals surface area contributed by atoms with Crippen LogP contribution in [-0.4, -0.2) is 36.5 Å². The standard InChI is InChI=1S/C21H24N4O/c1-4-10-23-21(26-3)19(14-22-2)20-11-16(13-24-25-20)18-12-17(18)15-8-6-5-7-9-15/h5-9,11,13-14,17-18H,2,4,10,12H2,1,3H3/b19-14-,23-21?/t17-,18?/m1/s1. The van der Waals surface area contributed by atoms with Gasteiger partial charge in [0.15, 0.2) is 0 Å². The molecule has 134 valence electrons. The van der Waals surface area contributed by atoms with Gasteiger partial charge in [0.25, 0.3) is 0 Å². The molecule has 1 saturated carbocycles. The third kappa shape index (κ3) is 4.04. The molecule has 1 aromatic carbocycles. The Morgan fingerprint density at radius 2 is 2.04 bits per heavy atom. The van der Waals surface area contributed by atoms with Crippen LogP contribution in [0.15, 0.2) is 58.8 Å². The van der Waals surface area contributed by atoms with Crippen molar-refractivity contribution in [1.29, 1.82) is 0 Å². The molecular formula is C21H24N4O. The Kier molecular flexibility index (Phi) is 5.89. The van der Waals surface area contributed by atoms with E-state index in [4.69, 9.17) is 4.74 Å². The predicted molar refractivity (Wildman–Crippen MR) is 106 cm³/mol. The molecule has 0 aliphatic heterocycles. The van der Waals surface area contributed by atoms with Crippen molar-refractivity contribution >= 4 is 18.2 Å². The van der Waals surface area contributed by atoms with Crippen LogP contribution in [0.3, 0.4) is 0 Å². The molecule has 5 heteroatoms. The van der Waals surface area contributed by atoms with Gasteiger partial charge in [-0.3, -0.25) is 9.98 Å². The molecule has 1 aromatic heterocycles. The Balaban J connectivity index is 1.86. The third-order valence-electron chi connectivity index (χ3n) is 4.52.